The van der Waals surface area contributed by atoms with Gasteiger partial charge in [0.2, 0.25) is 0 Å². The van der Waals surface area contributed by atoms with Crippen LogP contribution < -0.4 is 20.9 Å². The van der Waals surface area contributed by atoms with Crippen LogP contribution in [0, 0.1) is 6.92 Å². The quantitative estimate of drug-likeness (QED) is 0.275. The lowest BCUT2D eigenvalue weighted by molar-refractivity contribution is 0.0933. The fourth-order valence-electron chi connectivity index (χ4n) is 2.85. The first-order valence-corrected chi connectivity index (χ1v) is 12.0. The van der Waals surface area contributed by atoms with Gasteiger partial charge in [-0.1, -0.05) is 68.3 Å². The largest absolute Gasteiger partial charge is 0.492 e. The van der Waals surface area contributed by atoms with Gasteiger partial charge in [0.25, 0.3) is 11.8 Å². The molecule has 0 heterocycles. The third kappa shape index (κ3) is 7.38. The normalized spacial score (nSPS) is 10.3. The standard InChI is InChI=1S/C24H21Br2N3O3S/c1-15-7-8-17(13-20(15)26)22(30)28-29-24(33)27-23(31)19-14-18(25)9-10-21(19)32-12-11-16-5-3-2-4-6-16/h2-10,13-14H,11-12H2,1H3,(H,28,30)(H2,27,29,31,33). The minimum absolute atomic E-state index is 0.0465. The summed E-state index contributed by atoms with van der Waals surface area (Å²) in [7, 11) is 0. The van der Waals surface area contributed by atoms with E-state index in [1.54, 1.807) is 30.3 Å². The van der Waals surface area contributed by atoms with Crippen molar-refractivity contribution >= 4 is 61.0 Å². The van der Waals surface area contributed by atoms with Gasteiger partial charge in [-0.15, -0.1) is 0 Å². The average Bonchev–Trinajstić information content (AvgIpc) is 2.80. The van der Waals surface area contributed by atoms with Crippen LogP contribution in [0.3, 0.4) is 0 Å². The van der Waals surface area contributed by atoms with Crippen molar-refractivity contribution in [3.05, 3.63) is 97.9 Å². The van der Waals surface area contributed by atoms with Crippen molar-refractivity contribution in [2.24, 2.45) is 0 Å². The van der Waals surface area contributed by atoms with Gasteiger partial charge in [-0.25, -0.2) is 0 Å². The number of rotatable bonds is 6. The van der Waals surface area contributed by atoms with Crippen molar-refractivity contribution in [3.63, 3.8) is 0 Å². The van der Waals surface area contributed by atoms with E-state index in [0.717, 1.165) is 20.1 Å². The van der Waals surface area contributed by atoms with Gasteiger partial charge in [0.1, 0.15) is 5.75 Å². The smallest absolute Gasteiger partial charge is 0.269 e. The van der Waals surface area contributed by atoms with Gasteiger partial charge in [0.15, 0.2) is 5.11 Å². The molecular weight excluding hydrogens is 570 g/mol. The Morgan fingerprint density at radius 3 is 2.42 bits per heavy atom. The Hall–Kier alpha value is -2.75. The molecule has 3 aromatic rings. The van der Waals surface area contributed by atoms with Crippen LogP contribution in [0.4, 0.5) is 0 Å². The van der Waals surface area contributed by atoms with Gasteiger partial charge in [-0.3, -0.25) is 25.8 Å². The lowest BCUT2D eigenvalue weighted by atomic mass is 10.1. The first-order valence-electron chi connectivity index (χ1n) is 9.97. The third-order valence-corrected chi connectivity index (χ3v) is 6.18. The molecule has 33 heavy (non-hydrogen) atoms. The third-order valence-electron chi connectivity index (χ3n) is 4.63. The maximum absolute atomic E-state index is 12.8. The zero-order valence-corrected chi connectivity index (χ0v) is 21.6. The number of benzene rings is 3. The lowest BCUT2D eigenvalue weighted by Crippen LogP contribution is -2.48. The molecule has 170 valence electrons. The van der Waals surface area contributed by atoms with Crippen LogP contribution in [0.1, 0.15) is 31.8 Å². The zero-order valence-electron chi connectivity index (χ0n) is 17.7. The minimum atomic E-state index is -0.462. The summed E-state index contributed by atoms with van der Waals surface area (Å²) in [6.45, 7) is 2.34. The van der Waals surface area contributed by atoms with Crippen LogP contribution in [0.15, 0.2) is 75.7 Å². The molecule has 0 radical (unpaired) electrons. The summed E-state index contributed by atoms with van der Waals surface area (Å²) in [5, 5.41) is 2.51. The average molecular weight is 591 g/mol. The predicted molar refractivity (Wildman–Crippen MR) is 139 cm³/mol. The summed E-state index contributed by atoms with van der Waals surface area (Å²) in [6.07, 6.45) is 0.707. The van der Waals surface area contributed by atoms with Gasteiger partial charge in [0.05, 0.1) is 12.2 Å². The molecule has 2 amide bonds. The summed E-state index contributed by atoms with van der Waals surface area (Å²) in [6, 6.07) is 20.3. The fourth-order valence-corrected chi connectivity index (χ4v) is 3.73. The van der Waals surface area contributed by atoms with E-state index in [0.29, 0.717) is 29.9 Å². The monoisotopic (exact) mass is 589 g/mol. The number of hydrogen-bond donors (Lipinski definition) is 3. The molecule has 3 aromatic carbocycles. The first-order chi connectivity index (χ1) is 15.8. The Kier molecular flexibility index (Phi) is 8.99. The SMILES string of the molecule is Cc1ccc(C(=O)NNC(=S)NC(=O)c2cc(Br)ccc2OCCc2ccccc2)cc1Br. The summed E-state index contributed by atoms with van der Waals surface area (Å²) in [4.78, 5) is 25.1. The van der Waals surface area contributed by atoms with Crippen LogP contribution in [-0.2, 0) is 6.42 Å². The lowest BCUT2D eigenvalue weighted by Gasteiger charge is -2.14. The fraction of sp³-hybridized carbons (Fsp3) is 0.125. The topological polar surface area (TPSA) is 79.5 Å². The zero-order chi connectivity index (χ0) is 23.8. The van der Waals surface area contributed by atoms with E-state index in [1.165, 1.54) is 0 Å². The maximum atomic E-state index is 12.8. The molecule has 0 unspecified atom stereocenters. The van der Waals surface area contributed by atoms with Crippen LogP contribution >= 0.6 is 44.1 Å². The van der Waals surface area contributed by atoms with Gasteiger partial charge >= 0.3 is 0 Å². The summed E-state index contributed by atoms with van der Waals surface area (Å²) < 4.78 is 7.40. The van der Waals surface area contributed by atoms with Gasteiger partial charge in [-0.2, -0.15) is 0 Å². The number of carbonyl (C=O) groups excluding carboxylic acids is 2. The highest BCUT2D eigenvalue weighted by Gasteiger charge is 2.16. The van der Waals surface area contributed by atoms with E-state index < -0.39 is 5.91 Å². The molecule has 0 aromatic heterocycles. The Balaban J connectivity index is 1.57. The molecule has 0 bridgehead atoms. The number of aryl methyl sites for hydroxylation is 1. The van der Waals surface area contributed by atoms with Gasteiger partial charge in [0, 0.05) is 20.9 Å². The highest BCUT2D eigenvalue weighted by atomic mass is 79.9. The van der Waals surface area contributed by atoms with Crippen molar-refractivity contribution in [2.45, 2.75) is 13.3 Å². The van der Waals surface area contributed by atoms with Crippen LogP contribution in [0.2, 0.25) is 0 Å². The predicted octanol–water partition coefficient (Wildman–Crippen LogP) is 5.09. The molecule has 0 spiro atoms. The summed E-state index contributed by atoms with van der Waals surface area (Å²) >= 11 is 11.9. The number of halogens is 2. The Labute approximate surface area is 214 Å². The van der Waals surface area contributed by atoms with Crippen molar-refractivity contribution in [1.82, 2.24) is 16.2 Å². The molecule has 0 atom stereocenters. The second-order valence-electron chi connectivity index (χ2n) is 7.05. The molecule has 0 saturated carbocycles. The van der Waals surface area contributed by atoms with Gasteiger partial charge in [-0.05, 0) is 60.6 Å². The Bertz CT molecular complexity index is 1170. The van der Waals surface area contributed by atoms with Gasteiger partial charge < -0.3 is 4.74 Å². The molecule has 0 aliphatic rings. The van der Waals surface area contributed by atoms with E-state index in [4.69, 9.17) is 17.0 Å². The first kappa shape index (κ1) is 24.9. The van der Waals surface area contributed by atoms with Crippen molar-refractivity contribution in [1.29, 1.82) is 0 Å². The number of hydrogen-bond acceptors (Lipinski definition) is 4. The molecule has 0 fully saturated rings. The van der Waals surface area contributed by atoms with E-state index in [-0.39, 0.29) is 11.0 Å². The van der Waals surface area contributed by atoms with Crippen molar-refractivity contribution in [2.75, 3.05) is 6.61 Å². The Morgan fingerprint density at radius 2 is 1.70 bits per heavy atom. The van der Waals surface area contributed by atoms with Crippen molar-refractivity contribution < 1.29 is 14.3 Å². The minimum Gasteiger partial charge on any atom is -0.492 e. The molecule has 3 N–H and O–H groups in total. The number of nitrogens with one attached hydrogen (secondary N) is 3. The highest BCUT2D eigenvalue weighted by Crippen LogP contribution is 2.23. The molecule has 0 aliphatic carbocycles. The summed E-state index contributed by atoms with van der Waals surface area (Å²) in [5.41, 5.74) is 7.93. The molecule has 0 saturated heterocycles. The number of hydrazine groups is 1. The second-order valence-corrected chi connectivity index (χ2v) is 9.23. The molecule has 6 nitrogen and oxygen atoms in total. The number of ether oxygens (including phenoxy) is 1. The molecular formula is C24H21Br2N3O3S. The van der Waals surface area contributed by atoms with Crippen molar-refractivity contribution in [3.8, 4) is 5.75 Å². The maximum Gasteiger partial charge on any atom is 0.269 e. The van der Waals surface area contributed by atoms with Crippen LogP contribution in [-0.4, -0.2) is 23.5 Å². The number of thiocarbonyl (C=S) groups is 1. The number of carbonyl (C=O) groups is 2. The molecule has 0 aliphatic heterocycles. The molecule has 3 rings (SSSR count). The van der Waals surface area contributed by atoms with Crippen LogP contribution in [0.25, 0.3) is 0 Å². The number of amides is 2. The van der Waals surface area contributed by atoms with E-state index in [2.05, 4.69) is 48.0 Å². The van der Waals surface area contributed by atoms with E-state index in [9.17, 15) is 9.59 Å². The highest BCUT2D eigenvalue weighted by molar-refractivity contribution is 9.10. The molecule has 9 heteroatoms. The summed E-state index contributed by atoms with van der Waals surface area (Å²) in [5.74, 6) is -0.418. The second kappa shape index (κ2) is 11.9. The van der Waals surface area contributed by atoms with E-state index >= 15 is 0 Å². The van der Waals surface area contributed by atoms with E-state index in [1.807, 2.05) is 43.3 Å². The Morgan fingerprint density at radius 1 is 0.939 bits per heavy atom. The van der Waals surface area contributed by atoms with Crippen LogP contribution in [0.5, 0.6) is 5.75 Å².